The van der Waals surface area contributed by atoms with Gasteiger partial charge in [-0.2, -0.15) is 30.7 Å². The Morgan fingerprint density at radius 2 is 1.13 bits per heavy atom. The van der Waals surface area contributed by atoms with E-state index in [9.17, 15) is 30.7 Å². The van der Waals surface area contributed by atoms with Crippen LogP contribution in [0.15, 0.2) is 0 Å². The summed E-state index contributed by atoms with van der Waals surface area (Å²) in [6, 6.07) is 0. The molecule has 0 aliphatic heterocycles. The normalized spacial score (nSPS) is 14.8. The number of hydrogen-bond acceptors (Lipinski definition) is 2. The summed E-state index contributed by atoms with van der Waals surface area (Å²) in [5, 5.41) is 0. The standard InChI is InChI=1S/C5H7F7O2Si/c1-13-15(14-2)5(11,12)3(6,7)4(8,9)10/h15H,1-2H3. The zero-order valence-corrected chi connectivity index (χ0v) is 8.69. The Kier molecular flexibility index (Phi) is 4.16. The molecule has 0 aromatic rings. The summed E-state index contributed by atoms with van der Waals surface area (Å²) in [5.41, 5.74) is -5.37. The molecule has 0 aromatic heterocycles. The molecule has 0 aliphatic carbocycles. The first-order valence-corrected chi connectivity index (χ1v) is 4.92. The Bertz CT molecular complexity index is 212. The zero-order chi connectivity index (χ0) is 12.5. The average molecular weight is 260 g/mol. The second-order valence-corrected chi connectivity index (χ2v) is 4.83. The third kappa shape index (κ3) is 2.42. The quantitative estimate of drug-likeness (QED) is 0.567. The van der Waals surface area contributed by atoms with Gasteiger partial charge in [-0.1, -0.05) is 0 Å². The van der Waals surface area contributed by atoms with Crippen LogP contribution in [0.3, 0.4) is 0 Å². The van der Waals surface area contributed by atoms with Gasteiger partial charge in [0.1, 0.15) is 0 Å². The fraction of sp³-hybridized carbons (Fsp3) is 1.00. The number of alkyl halides is 7. The summed E-state index contributed by atoms with van der Waals surface area (Å²) in [6.45, 7) is 0. The van der Waals surface area contributed by atoms with E-state index in [-0.39, 0.29) is 0 Å². The van der Waals surface area contributed by atoms with E-state index < -0.39 is 26.9 Å². The van der Waals surface area contributed by atoms with E-state index in [1.54, 1.807) is 0 Å². The van der Waals surface area contributed by atoms with E-state index in [2.05, 4.69) is 8.85 Å². The Balaban J connectivity index is 5.16. The predicted molar refractivity (Wildman–Crippen MR) is 37.1 cm³/mol. The van der Waals surface area contributed by atoms with E-state index in [1.807, 2.05) is 0 Å². The third-order valence-electron chi connectivity index (χ3n) is 1.50. The molecule has 15 heavy (non-hydrogen) atoms. The van der Waals surface area contributed by atoms with Crippen LogP contribution in [0, 0.1) is 0 Å². The molecule has 0 fully saturated rings. The average Bonchev–Trinajstić information content (AvgIpc) is 2.03. The maximum Gasteiger partial charge on any atom is 0.459 e. The van der Waals surface area contributed by atoms with Gasteiger partial charge < -0.3 is 8.85 Å². The molecule has 0 saturated carbocycles. The molecule has 0 unspecified atom stereocenters. The van der Waals surface area contributed by atoms with Crippen LogP contribution in [-0.2, 0) is 8.85 Å². The number of halogens is 7. The second-order valence-electron chi connectivity index (χ2n) is 2.50. The number of rotatable bonds is 4. The zero-order valence-electron chi connectivity index (χ0n) is 7.54. The maximum absolute atomic E-state index is 12.7. The van der Waals surface area contributed by atoms with Gasteiger partial charge in [-0.25, -0.2) is 0 Å². The van der Waals surface area contributed by atoms with Gasteiger partial charge in [0.05, 0.1) is 0 Å². The minimum absolute atomic E-state index is 0.584. The molecule has 0 amide bonds. The summed E-state index contributed by atoms with van der Waals surface area (Å²) in [5.74, 6) is -6.16. The monoisotopic (exact) mass is 260 g/mol. The van der Waals surface area contributed by atoms with Gasteiger partial charge in [-0.3, -0.25) is 0 Å². The van der Waals surface area contributed by atoms with E-state index in [0.717, 1.165) is 0 Å². The van der Waals surface area contributed by atoms with E-state index in [4.69, 9.17) is 0 Å². The molecular formula is C5H7F7O2Si. The van der Waals surface area contributed by atoms with Crippen molar-refractivity contribution in [3.63, 3.8) is 0 Å². The van der Waals surface area contributed by atoms with Crippen LogP contribution in [0.4, 0.5) is 30.7 Å². The smallest absolute Gasteiger partial charge is 0.396 e. The SMILES string of the molecule is CO[SiH](OC)C(F)(F)C(F)(F)C(F)(F)F. The fourth-order valence-electron chi connectivity index (χ4n) is 0.729. The topological polar surface area (TPSA) is 18.5 Å². The largest absolute Gasteiger partial charge is 0.459 e. The second kappa shape index (κ2) is 4.26. The first-order valence-electron chi connectivity index (χ1n) is 3.40. The molecule has 0 radical (unpaired) electrons. The molecule has 0 atom stereocenters. The van der Waals surface area contributed by atoms with Crippen LogP contribution in [0.2, 0.25) is 0 Å². The molecule has 0 bridgehead atoms. The summed E-state index contributed by atoms with van der Waals surface area (Å²) >= 11 is 0. The van der Waals surface area contributed by atoms with Gasteiger partial charge in [0.2, 0.25) is 0 Å². The van der Waals surface area contributed by atoms with Crippen molar-refractivity contribution in [3.8, 4) is 0 Å². The summed E-state index contributed by atoms with van der Waals surface area (Å²) in [4.78, 5) is 0. The Morgan fingerprint density at radius 3 is 1.33 bits per heavy atom. The van der Waals surface area contributed by atoms with Gasteiger partial charge in [0.15, 0.2) is 0 Å². The Hall–Kier alpha value is -0.353. The van der Waals surface area contributed by atoms with Crippen LogP contribution < -0.4 is 0 Å². The van der Waals surface area contributed by atoms with Crippen molar-refractivity contribution < 1.29 is 39.6 Å². The Morgan fingerprint density at radius 1 is 0.800 bits per heavy atom. The highest BCUT2D eigenvalue weighted by Crippen LogP contribution is 2.47. The molecule has 10 heteroatoms. The van der Waals surface area contributed by atoms with Crippen molar-refractivity contribution in [2.24, 2.45) is 0 Å². The molecule has 0 rings (SSSR count). The van der Waals surface area contributed by atoms with E-state index >= 15 is 0 Å². The van der Waals surface area contributed by atoms with Crippen LogP contribution in [0.5, 0.6) is 0 Å². The van der Waals surface area contributed by atoms with Crippen LogP contribution >= 0.6 is 0 Å². The van der Waals surface area contributed by atoms with Crippen LogP contribution in [-0.4, -0.2) is 41.1 Å². The lowest BCUT2D eigenvalue weighted by molar-refractivity contribution is -0.338. The molecule has 0 N–H and O–H groups in total. The molecule has 0 saturated heterocycles. The van der Waals surface area contributed by atoms with Crippen molar-refractivity contribution in [3.05, 3.63) is 0 Å². The van der Waals surface area contributed by atoms with Crippen LogP contribution in [0.1, 0.15) is 0 Å². The van der Waals surface area contributed by atoms with Gasteiger partial charge in [-0.05, 0) is 0 Å². The molecule has 92 valence electrons. The summed E-state index contributed by atoms with van der Waals surface area (Å²) < 4.78 is 92.7. The van der Waals surface area contributed by atoms with Gasteiger partial charge in [0, 0.05) is 14.2 Å². The van der Waals surface area contributed by atoms with E-state index in [1.165, 1.54) is 0 Å². The molecular weight excluding hydrogens is 253 g/mol. The highest BCUT2D eigenvalue weighted by molar-refractivity contribution is 6.47. The summed E-state index contributed by atoms with van der Waals surface area (Å²) in [6.07, 6.45) is -6.35. The van der Waals surface area contributed by atoms with Gasteiger partial charge in [0.25, 0.3) is 0 Å². The lowest BCUT2D eigenvalue weighted by Crippen LogP contribution is -2.61. The van der Waals surface area contributed by atoms with Gasteiger partial charge in [-0.15, -0.1) is 0 Å². The minimum atomic E-state index is -6.35. The lowest BCUT2D eigenvalue weighted by atomic mass is 10.3. The highest BCUT2D eigenvalue weighted by Gasteiger charge is 2.77. The first kappa shape index (κ1) is 14.6. The number of hydrogen-bond donors (Lipinski definition) is 0. The maximum atomic E-state index is 12.7. The molecule has 0 aliphatic rings. The van der Waals surface area contributed by atoms with Crippen molar-refractivity contribution in [2.45, 2.75) is 17.6 Å². The fourth-order valence-corrected chi connectivity index (χ4v) is 1.97. The Labute approximate surface area is 81.8 Å². The van der Waals surface area contributed by atoms with Gasteiger partial charge >= 0.3 is 26.9 Å². The summed E-state index contributed by atoms with van der Waals surface area (Å²) in [7, 11) is -3.26. The third-order valence-corrected chi connectivity index (χ3v) is 3.31. The van der Waals surface area contributed by atoms with Crippen LogP contribution in [0.25, 0.3) is 0 Å². The first-order chi connectivity index (χ1) is 6.52. The van der Waals surface area contributed by atoms with E-state index in [0.29, 0.717) is 14.2 Å². The van der Waals surface area contributed by atoms with Crippen molar-refractivity contribution in [1.82, 2.24) is 0 Å². The molecule has 0 spiro atoms. The molecule has 0 aromatic carbocycles. The lowest BCUT2D eigenvalue weighted by Gasteiger charge is -2.30. The molecule has 0 heterocycles. The predicted octanol–water partition coefficient (Wildman–Crippen LogP) is 1.87. The van der Waals surface area contributed by atoms with Crippen molar-refractivity contribution >= 4 is 9.28 Å². The highest BCUT2D eigenvalue weighted by atomic mass is 28.3. The van der Waals surface area contributed by atoms with Crippen molar-refractivity contribution in [2.75, 3.05) is 14.2 Å². The minimum Gasteiger partial charge on any atom is -0.396 e. The molecule has 2 nitrogen and oxygen atoms in total. The van der Waals surface area contributed by atoms with Crippen molar-refractivity contribution in [1.29, 1.82) is 0 Å².